The Labute approximate surface area is 191 Å². The summed E-state index contributed by atoms with van der Waals surface area (Å²) in [6, 6.07) is 9.24. The Balaban J connectivity index is 2.16. The molecule has 0 spiro atoms. The summed E-state index contributed by atoms with van der Waals surface area (Å²) in [6.07, 6.45) is 12.2. The first-order chi connectivity index (χ1) is 14.7. The van der Waals surface area contributed by atoms with Gasteiger partial charge in [0.2, 0.25) is 5.91 Å². The highest BCUT2D eigenvalue weighted by Gasteiger charge is 2.62. The second kappa shape index (κ2) is 11.5. The Kier molecular flexibility index (Phi) is 9.63. The number of carbonyl (C=O) groups is 1. The Morgan fingerprint density at radius 1 is 0.903 bits per heavy atom. The first-order valence-corrected chi connectivity index (χ1v) is 12.4. The van der Waals surface area contributed by atoms with Crippen molar-refractivity contribution in [2.45, 2.75) is 117 Å². The van der Waals surface area contributed by atoms with E-state index in [2.05, 4.69) is 46.8 Å². The van der Waals surface area contributed by atoms with Gasteiger partial charge in [-0.05, 0) is 51.2 Å². The molecule has 2 rings (SSSR count). The molecule has 1 unspecified atom stereocenters. The minimum Gasteiger partial charge on any atom is -0.384 e. The number of unbranched alkanes of at least 4 members (excludes halogenated alkanes) is 6. The second-order valence-electron chi connectivity index (χ2n) is 10.1. The van der Waals surface area contributed by atoms with E-state index < -0.39 is 18.5 Å². The molecule has 4 nitrogen and oxygen atoms in total. The molecule has 0 aliphatic carbocycles. The highest BCUT2D eigenvalue weighted by Crippen LogP contribution is 2.53. The number of nitrogens with one attached hydrogen (secondary N) is 1. The van der Waals surface area contributed by atoms with Gasteiger partial charge in [-0.2, -0.15) is 0 Å². The normalized spacial score (nSPS) is 20.8. The standard InChI is InChI=1S/C26H44BNO3/c1-7-9-11-16-20-25(5,21-17-12-10-8-2)26(6)24(3,4)30-27(31-26)28-23(29)22-18-14-13-15-19-22/h13-15,18-19H,7-12,16-17,20-21H2,1-6H3,(H,28,29). The average molecular weight is 429 g/mol. The molecule has 1 aliphatic rings. The largest absolute Gasteiger partial charge is 0.594 e. The topological polar surface area (TPSA) is 47.6 Å². The summed E-state index contributed by atoms with van der Waals surface area (Å²) in [4.78, 5) is 12.7. The smallest absolute Gasteiger partial charge is 0.384 e. The fourth-order valence-electron chi connectivity index (χ4n) is 4.95. The van der Waals surface area contributed by atoms with Crippen molar-refractivity contribution in [2.24, 2.45) is 5.41 Å². The summed E-state index contributed by atoms with van der Waals surface area (Å²) < 4.78 is 12.9. The maximum Gasteiger partial charge on any atom is 0.594 e. The van der Waals surface area contributed by atoms with Crippen molar-refractivity contribution in [3.63, 3.8) is 0 Å². The van der Waals surface area contributed by atoms with Crippen LogP contribution in [-0.4, -0.2) is 24.4 Å². The van der Waals surface area contributed by atoms with Crippen molar-refractivity contribution in [3.05, 3.63) is 35.9 Å². The predicted molar refractivity (Wildman–Crippen MR) is 130 cm³/mol. The molecule has 31 heavy (non-hydrogen) atoms. The monoisotopic (exact) mass is 429 g/mol. The lowest BCUT2D eigenvalue weighted by Crippen LogP contribution is -2.56. The Hall–Kier alpha value is -1.33. The van der Waals surface area contributed by atoms with Crippen LogP contribution in [-0.2, 0) is 9.31 Å². The molecule has 0 bridgehead atoms. The molecule has 1 aromatic carbocycles. The van der Waals surface area contributed by atoms with Crippen LogP contribution in [0.25, 0.3) is 0 Å². The highest BCUT2D eigenvalue weighted by atomic mass is 16.7. The summed E-state index contributed by atoms with van der Waals surface area (Å²) in [5.41, 5.74) is -0.411. The molecule has 174 valence electrons. The molecule has 1 aromatic rings. The van der Waals surface area contributed by atoms with Gasteiger partial charge in [-0.15, -0.1) is 0 Å². The van der Waals surface area contributed by atoms with Gasteiger partial charge in [0.05, 0.1) is 11.2 Å². The van der Waals surface area contributed by atoms with Crippen LogP contribution in [0.5, 0.6) is 0 Å². The van der Waals surface area contributed by atoms with Crippen LogP contribution >= 0.6 is 0 Å². The van der Waals surface area contributed by atoms with Gasteiger partial charge in [0.25, 0.3) is 0 Å². The average Bonchev–Trinajstić information content (AvgIpc) is 2.98. The van der Waals surface area contributed by atoms with E-state index in [1.807, 2.05) is 18.2 Å². The molecule has 1 fully saturated rings. The maximum atomic E-state index is 12.7. The number of hydrogen-bond donors (Lipinski definition) is 1. The first kappa shape index (κ1) is 25.9. The summed E-state index contributed by atoms with van der Waals surface area (Å²) >= 11 is 0. The quantitative estimate of drug-likeness (QED) is 0.273. The minimum atomic E-state index is -0.738. The number of benzene rings is 1. The Morgan fingerprint density at radius 3 is 1.97 bits per heavy atom. The van der Waals surface area contributed by atoms with Crippen molar-refractivity contribution in [2.75, 3.05) is 0 Å². The van der Waals surface area contributed by atoms with Crippen LogP contribution in [0.15, 0.2) is 30.3 Å². The molecule has 0 saturated carbocycles. The van der Waals surface area contributed by atoms with Crippen LogP contribution in [0.1, 0.15) is 116 Å². The van der Waals surface area contributed by atoms with Gasteiger partial charge in [-0.1, -0.05) is 90.3 Å². The van der Waals surface area contributed by atoms with Crippen molar-refractivity contribution >= 4 is 13.2 Å². The zero-order chi connectivity index (χ0) is 23.0. The lowest BCUT2D eigenvalue weighted by atomic mass is 9.62. The van der Waals surface area contributed by atoms with Crippen molar-refractivity contribution < 1.29 is 14.1 Å². The van der Waals surface area contributed by atoms with E-state index in [0.717, 1.165) is 12.8 Å². The zero-order valence-electron chi connectivity index (χ0n) is 20.8. The molecular formula is C26H44BNO3. The van der Waals surface area contributed by atoms with Crippen molar-refractivity contribution in [3.8, 4) is 0 Å². The van der Waals surface area contributed by atoms with Gasteiger partial charge in [-0.3, -0.25) is 4.79 Å². The van der Waals surface area contributed by atoms with E-state index in [4.69, 9.17) is 9.31 Å². The third kappa shape index (κ3) is 6.35. The third-order valence-corrected chi connectivity index (χ3v) is 7.49. The van der Waals surface area contributed by atoms with Crippen LogP contribution in [0, 0.1) is 5.41 Å². The van der Waals surface area contributed by atoms with Crippen molar-refractivity contribution in [1.29, 1.82) is 0 Å². The van der Waals surface area contributed by atoms with E-state index in [9.17, 15) is 4.79 Å². The lowest BCUT2D eigenvalue weighted by molar-refractivity contribution is -0.111. The summed E-state index contributed by atoms with van der Waals surface area (Å²) in [7, 11) is -0.738. The van der Waals surface area contributed by atoms with Gasteiger partial charge in [0, 0.05) is 5.56 Å². The Bertz CT molecular complexity index is 666. The molecule has 1 N–H and O–H groups in total. The van der Waals surface area contributed by atoms with E-state index in [1.165, 1.54) is 51.4 Å². The third-order valence-electron chi connectivity index (χ3n) is 7.49. The van der Waals surface area contributed by atoms with E-state index in [1.54, 1.807) is 12.1 Å². The fourth-order valence-corrected chi connectivity index (χ4v) is 4.95. The SMILES string of the molecule is CCCCCCC(C)(CCCCCC)C1(C)OB(NC(=O)c2ccccc2)OC1(C)C. The fraction of sp³-hybridized carbons (Fsp3) is 0.731. The molecule has 0 radical (unpaired) electrons. The van der Waals surface area contributed by atoms with Gasteiger partial charge in [0.15, 0.2) is 0 Å². The predicted octanol–water partition coefficient (Wildman–Crippen LogP) is 6.93. The van der Waals surface area contributed by atoms with Gasteiger partial charge in [0.1, 0.15) is 0 Å². The van der Waals surface area contributed by atoms with Crippen LogP contribution < -0.4 is 5.23 Å². The summed E-state index contributed by atoms with van der Waals surface area (Å²) in [6.45, 7) is 13.3. The van der Waals surface area contributed by atoms with E-state index >= 15 is 0 Å². The van der Waals surface area contributed by atoms with Crippen molar-refractivity contribution in [1.82, 2.24) is 5.23 Å². The molecule has 0 aromatic heterocycles. The molecule has 1 aliphatic heterocycles. The molecular weight excluding hydrogens is 385 g/mol. The first-order valence-electron chi connectivity index (χ1n) is 12.4. The highest BCUT2D eigenvalue weighted by molar-refractivity contribution is 6.47. The van der Waals surface area contributed by atoms with E-state index in [0.29, 0.717) is 5.56 Å². The van der Waals surface area contributed by atoms with Crippen LogP contribution in [0.4, 0.5) is 0 Å². The minimum absolute atomic E-state index is 0.0236. The molecule has 5 heteroatoms. The summed E-state index contributed by atoms with van der Waals surface area (Å²) in [5.74, 6) is -0.168. The van der Waals surface area contributed by atoms with Gasteiger partial charge < -0.3 is 14.5 Å². The molecule has 1 heterocycles. The molecule has 1 atom stereocenters. The van der Waals surface area contributed by atoms with Gasteiger partial charge >= 0.3 is 7.25 Å². The molecule has 1 amide bonds. The number of carbonyl (C=O) groups excluding carboxylic acids is 1. The van der Waals surface area contributed by atoms with Crippen LogP contribution in [0.3, 0.4) is 0 Å². The summed E-state index contributed by atoms with van der Waals surface area (Å²) in [5, 5.41) is 2.95. The van der Waals surface area contributed by atoms with Crippen LogP contribution in [0.2, 0.25) is 0 Å². The van der Waals surface area contributed by atoms with Gasteiger partial charge in [-0.25, -0.2) is 0 Å². The molecule has 1 saturated heterocycles. The number of amides is 1. The number of rotatable bonds is 13. The van der Waals surface area contributed by atoms with E-state index in [-0.39, 0.29) is 11.3 Å². The number of hydrogen-bond acceptors (Lipinski definition) is 3. The Morgan fingerprint density at radius 2 is 1.45 bits per heavy atom. The second-order valence-corrected chi connectivity index (χ2v) is 10.1. The maximum absolute atomic E-state index is 12.7. The lowest BCUT2D eigenvalue weighted by Gasteiger charge is -2.50. The zero-order valence-corrected chi connectivity index (χ0v) is 20.8.